The number of para-hydroxylation sites is 1. The predicted octanol–water partition coefficient (Wildman–Crippen LogP) is 2.24. The van der Waals surface area contributed by atoms with Crippen LogP contribution in [-0.2, 0) is 26.4 Å². The molecular weight excluding hydrogens is 278 g/mol. The maximum Gasteiger partial charge on any atom is 0.255 e. The Hall–Kier alpha value is -2.30. The molecule has 0 saturated carbocycles. The molecule has 0 spiro atoms. The van der Waals surface area contributed by atoms with E-state index in [0.29, 0.717) is 17.9 Å². The zero-order chi connectivity index (χ0) is 15.5. The Morgan fingerprint density at radius 2 is 2.09 bits per heavy atom. The number of benzene rings is 1. The Balaban J connectivity index is 1.74. The van der Waals surface area contributed by atoms with Gasteiger partial charge in [0.15, 0.2) is 0 Å². The fraction of sp³-hybridized carbons (Fsp3) is 0.412. The molecule has 1 amide bonds. The lowest BCUT2D eigenvalue weighted by molar-refractivity contribution is 0.0947. The zero-order valence-electron chi connectivity index (χ0n) is 13.1. The summed E-state index contributed by atoms with van der Waals surface area (Å²) >= 11 is 0. The lowest BCUT2D eigenvalue weighted by Crippen LogP contribution is -2.24. The number of carbonyl (C=O) groups excluding carboxylic acids is 1. The van der Waals surface area contributed by atoms with Gasteiger partial charge in [0.05, 0.1) is 24.9 Å². The fourth-order valence-electron chi connectivity index (χ4n) is 3.09. The first kappa shape index (κ1) is 14.6. The molecule has 1 N–H and O–H groups in total. The first-order valence-electron chi connectivity index (χ1n) is 7.65. The summed E-state index contributed by atoms with van der Waals surface area (Å²) in [5.41, 5.74) is 4.16. The number of ether oxygens (including phenoxy) is 1. The standard InChI is InChI=1S/C17H21N3O2/c1-20-15-9-5-3-7-12(15)14(19-20)11-18-17(21)13-8-4-6-10-16(13)22-2/h4,6,8,10H,3,5,7,9,11H2,1-2H3,(H,18,21). The fourth-order valence-corrected chi connectivity index (χ4v) is 3.09. The van der Waals surface area contributed by atoms with Crippen LogP contribution >= 0.6 is 0 Å². The highest BCUT2D eigenvalue weighted by Crippen LogP contribution is 2.24. The van der Waals surface area contributed by atoms with Crippen LogP contribution in [0, 0.1) is 0 Å². The average molecular weight is 299 g/mol. The Labute approximate surface area is 130 Å². The van der Waals surface area contributed by atoms with Gasteiger partial charge >= 0.3 is 0 Å². The molecule has 0 unspecified atom stereocenters. The van der Waals surface area contributed by atoms with Crippen LogP contribution in [0.4, 0.5) is 0 Å². The monoisotopic (exact) mass is 299 g/mol. The third-order valence-electron chi connectivity index (χ3n) is 4.22. The molecular formula is C17H21N3O2. The molecule has 0 saturated heterocycles. The van der Waals surface area contributed by atoms with Crippen molar-refractivity contribution in [2.24, 2.45) is 7.05 Å². The Bertz CT molecular complexity index is 691. The van der Waals surface area contributed by atoms with Crippen LogP contribution < -0.4 is 10.1 Å². The van der Waals surface area contributed by atoms with Gasteiger partial charge in [0.25, 0.3) is 5.91 Å². The second kappa shape index (κ2) is 6.22. The van der Waals surface area contributed by atoms with Crippen LogP contribution in [0.15, 0.2) is 24.3 Å². The van der Waals surface area contributed by atoms with E-state index in [2.05, 4.69) is 10.4 Å². The van der Waals surface area contributed by atoms with Gasteiger partial charge in [0.2, 0.25) is 0 Å². The van der Waals surface area contributed by atoms with Gasteiger partial charge in [-0.3, -0.25) is 9.48 Å². The van der Waals surface area contributed by atoms with Crippen LogP contribution in [0.5, 0.6) is 5.75 Å². The maximum atomic E-state index is 12.3. The first-order valence-corrected chi connectivity index (χ1v) is 7.65. The molecule has 3 rings (SSSR count). The number of nitrogens with one attached hydrogen (secondary N) is 1. The number of hydrogen-bond acceptors (Lipinski definition) is 3. The van der Waals surface area contributed by atoms with Crippen molar-refractivity contribution in [2.75, 3.05) is 7.11 Å². The Morgan fingerprint density at radius 3 is 2.91 bits per heavy atom. The van der Waals surface area contributed by atoms with Crippen molar-refractivity contribution < 1.29 is 9.53 Å². The molecule has 0 aliphatic heterocycles. The number of methoxy groups -OCH3 is 1. The molecule has 5 heteroatoms. The van der Waals surface area contributed by atoms with Crippen molar-refractivity contribution in [3.05, 3.63) is 46.8 Å². The van der Waals surface area contributed by atoms with Gasteiger partial charge in [-0.15, -0.1) is 0 Å². The first-order chi connectivity index (χ1) is 10.7. The van der Waals surface area contributed by atoms with Crippen LogP contribution in [0.3, 0.4) is 0 Å². The molecule has 2 aromatic rings. The number of hydrogen-bond donors (Lipinski definition) is 1. The van der Waals surface area contributed by atoms with E-state index in [4.69, 9.17) is 4.74 Å². The molecule has 1 heterocycles. The summed E-state index contributed by atoms with van der Waals surface area (Å²) in [7, 11) is 3.55. The van der Waals surface area contributed by atoms with Crippen molar-refractivity contribution in [1.82, 2.24) is 15.1 Å². The molecule has 1 aromatic heterocycles. The van der Waals surface area contributed by atoms with Crippen molar-refractivity contribution in [2.45, 2.75) is 32.2 Å². The van der Waals surface area contributed by atoms with Crippen LogP contribution in [0.1, 0.15) is 40.2 Å². The summed E-state index contributed by atoms with van der Waals surface area (Å²) in [4.78, 5) is 12.3. The number of nitrogens with zero attached hydrogens (tertiary/aromatic N) is 2. The van der Waals surface area contributed by atoms with Gasteiger partial charge in [-0.1, -0.05) is 12.1 Å². The highest BCUT2D eigenvalue weighted by atomic mass is 16.5. The lowest BCUT2D eigenvalue weighted by atomic mass is 9.95. The molecule has 0 atom stereocenters. The Morgan fingerprint density at radius 1 is 1.32 bits per heavy atom. The summed E-state index contributed by atoms with van der Waals surface area (Å²) < 4.78 is 7.19. The summed E-state index contributed by atoms with van der Waals surface area (Å²) in [6.07, 6.45) is 4.56. The van der Waals surface area contributed by atoms with Gasteiger partial charge in [0, 0.05) is 12.7 Å². The second-order valence-corrected chi connectivity index (χ2v) is 5.59. The molecule has 0 radical (unpaired) electrons. The summed E-state index contributed by atoms with van der Waals surface area (Å²) in [5.74, 6) is 0.454. The normalized spacial score (nSPS) is 13.5. The van der Waals surface area contributed by atoms with E-state index in [9.17, 15) is 4.79 Å². The molecule has 116 valence electrons. The largest absolute Gasteiger partial charge is 0.496 e. The minimum absolute atomic E-state index is 0.132. The molecule has 5 nitrogen and oxygen atoms in total. The van der Waals surface area contributed by atoms with Crippen molar-refractivity contribution in [1.29, 1.82) is 0 Å². The third kappa shape index (κ3) is 2.71. The van der Waals surface area contributed by atoms with Gasteiger partial charge in [-0.25, -0.2) is 0 Å². The van der Waals surface area contributed by atoms with Crippen LogP contribution in [-0.4, -0.2) is 22.8 Å². The predicted molar refractivity (Wildman–Crippen MR) is 84.0 cm³/mol. The highest BCUT2D eigenvalue weighted by molar-refractivity contribution is 5.96. The molecule has 0 fully saturated rings. The summed E-state index contributed by atoms with van der Waals surface area (Å²) in [6.45, 7) is 0.458. The van der Waals surface area contributed by atoms with E-state index in [1.54, 1.807) is 19.2 Å². The SMILES string of the molecule is COc1ccccc1C(=O)NCc1nn(C)c2c1CCCC2. The number of rotatable bonds is 4. The van der Waals surface area contributed by atoms with Crippen molar-refractivity contribution >= 4 is 5.91 Å². The summed E-state index contributed by atoms with van der Waals surface area (Å²) in [5, 5.41) is 7.53. The minimum Gasteiger partial charge on any atom is -0.496 e. The smallest absolute Gasteiger partial charge is 0.255 e. The number of amides is 1. The van der Waals surface area contributed by atoms with E-state index in [-0.39, 0.29) is 5.91 Å². The molecule has 1 aliphatic carbocycles. The zero-order valence-corrected chi connectivity index (χ0v) is 13.1. The van der Waals surface area contributed by atoms with Gasteiger partial charge < -0.3 is 10.1 Å². The maximum absolute atomic E-state index is 12.3. The van der Waals surface area contributed by atoms with Crippen molar-refractivity contribution in [3.8, 4) is 5.75 Å². The quantitative estimate of drug-likeness (QED) is 0.942. The van der Waals surface area contributed by atoms with Crippen molar-refractivity contribution in [3.63, 3.8) is 0 Å². The average Bonchev–Trinajstić information content (AvgIpc) is 2.89. The molecule has 1 aliphatic rings. The van der Waals surface area contributed by atoms with E-state index in [1.165, 1.54) is 24.1 Å². The van der Waals surface area contributed by atoms with E-state index >= 15 is 0 Å². The van der Waals surface area contributed by atoms with Gasteiger partial charge in [-0.2, -0.15) is 5.10 Å². The minimum atomic E-state index is -0.132. The highest BCUT2D eigenvalue weighted by Gasteiger charge is 2.20. The molecule has 0 bridgehead atoms. The Kier molecular flexibility index (Phi) is 4.13. The van der Waals surface area contributed by atoms with Gasteiger partial charge in [-0.05, 0) is 43.4 Å². The van der Waals surface area contributed by atoms with E-state index < -0.39 is 0 Å². The number of fused-ring (bicyclic) bond motifs is 1. The number of aromatic nitrogens is 2. The topological polar surface area (TPSA) is 56.1 Å². The number of aryl methyl sites for hydroxylation is 1. The third-order valence-corrected chi connectivity index (χ3v) is 4.22. The lowest BCUT2D eigenvalue weighted by Gasteiger charge is -2.13. The molecule has 22 heavy (non-hydrogen) atoms. The van der Waals surface area contributed by atoms with Crippen LogP contribution in [0.25, 0.3) is 0 Å². The summed E-state index contributed by atoms with van der Waals surface area (Å²) in [6, 6.07) is 7.24. The van der Waals surface area contributed by atoms with Crippen LogP contribution in [0.2, 0.25) is 0 Å². The number of carbonyl (C=O) groups is 1. The van der Waals surface area contributed by atoms with E-state index in [1.807, 2.05) is 23.9 Å². The van der Waals surface area contributed by atoms with E-state index in [0.717, 1.165) is 18.5 Å². The second-order valence-electron chi connectivity index (χ2n) is 5.59. The molecule has 1 aromatic carbocycles. The van der Waals surface area contributed by atoms with Gasteiger partial charge in [0.1, 0.15) is 5.75 Å².